The van der Waals surface area contributed by atoms with Crippen molar-refractivity contribution >= 4 is 0 Å². The molecule has 0 heterocycles. The first-order valence-corrected chi connectivity index (χ1v) is 5.14. The smallest absolute Gasteiger partial charge is 0.0698 e. The molecule has 0 spiro atoms. The lowest BCUT2D eigenvalue weighted by molar-refractivity contribution is 0.0918. The highest BCUT2D eigenvalue weighted by molar-refractivity contribution is 4.66. The van der Waals surface area contributed by atoms with Gasteiger partial charge in [0.2, 0.25) is 0 Å². The van der Waals surface area contributed by atoms with Crippen LogP contribution in [-0.2, 0) is 4.74 Å². The van der Waals surface area contributed by atoms with E-state index < -0.39 is 0 Å². The summed E-state index contributed by atoms with van der Waals surface area (Å²) in [6.45, 7) is 8.74. The maximum absolute atomic E-state index is 8.46. The van der Waals surface area contributed by atoms with Gasteiger partial charge in [0, 0.05) is 12.6 Å². The van der Waals surface area contributed by atoms with Gasteiger partial charge in [-0.1, -0.05) is 20.3 Å². The Bertz CT molecular complexity index is 109. The molecule has 0 aliphatic rings. The van der Waals surface area contributed by atoms with E-state index in [1.54, 1.807) is 0 Å². The number of hydrogen-bond acceptors (Lipinski definition) is 3. The summed E-state index contributed by atoms with van der Waals surface area (Å²) < 4.78 is 5.13. The molecule has 0 bridgehead atoms. The largest absolute Gasteiger partial charge is 0.394 e. The van der Waals surface area contributed by atoms with E-state index in [4.69, 9.17) is 9.84 Å². The monoisotopic (exact) mass is 189 g/mol. The average Bonchev–Trinajstić information content (AvgIpc) is 2.16. The Hall–Kier alpha value is -0.120. The van der Waals surface area contributed by atoms with Crippen molar-refractivity contribution in [3.8, 4) is 0 Å². The Labute approximate surface area is 81.5 Å². The van der Waals surface area contributed by atoms with Crippen molar-refractivity contribution in [2.45, 2.75) is 33.2 Å². The van der Waals surface area contributed by atoms with Crippen molar-refractivity contribution in [1.82, 2.24) is 5.32 Å². The van der Waals surface area contributed by atoms with E-state index in [1.807, 2.05) is 0 Å². The Kier molecular flexibility index (Phi) is 8.40. The molecule has 0 aromatic carbocycles. The van der Waals surface area contributed by atoms with Gasteiger partial charge in [0.05, 0.1) is 19.8 Å². The lowest BCUT2D eigenvalue weighted by atomic mass is 10.0. The second-order valence-electron chi connectivity index (χ2n) is 3.46. The molecule has 80 valence electrons. The van der Waals surface area contributed by atoms with E-state index in [0.717, 1.165) is 6.54 Å². The van der Waals surface area contributed by atoms with Crippen LogP contribution in [-0.4, -0.2) is 37.5 Å². The molecular weight excluding hydrogens is 166 g/mol. The molecule has 0 aromatic heterocycles. The molecule has 0 amide bonds. The first-order valence-electron chi connectivity index (χ1n) is 5.14. The summed E-state index contributed by atoms with van der Waals surface area (Å²) in [6, 6.07) is 0.544. The van der Waals surface area contributed by atoms with Crippen LogP contribution in [0.2, 0.25) is 0 Å². The summed E-state index contributed by atoms with van der Waals surface area (Å²) in [6.07, 6.45) is 1.20. The van der Waals surface area contributed by atoms with E-state index in [-0.39, 0.29) is 6.61 Å². The van der Waals surface area contributed by atoms with Crippen LogP contribution in [0.25, 0.3) is 0 Å². The van der Waals surface area contributed by atoms with E-state index >= 15 is 0 Å². The maximum Gasteiger partial charge on any atom is 0.0698 e. The number of nitrogens with one attached hydrogen (secondary N) is 1. The fraction of sp³-hybridized carbons (Fsp3) is 1.00. The number of hydrogen-bond donors (Lipinski definition) is 2. The van der Waals surface area contributed by atoms with Crippen molar-refractivity contribution in [2.75, 3.05) is 26.4 Å². The summed E-state index contributed by atoms with van der Waals surface area (Å²) in [5.74, 6) is 0.706. The van der Waals surface area contributed by atoms with Gasteiger partial charge in [-0.2, -0.15) is 0 Å². The van der Waals surface area contributed by atoms with Gasteiger partial charge in [0.25, 0.3) is 0 Å². The van der Waals surface area contributed by atoms with E-state index in [1.165, 1.54) is 6.42 Å². The van der Waals surface area contributed by atoms with Crippen LogP contribution in [0.3, 0.4) is 0 Å². The predicted molar refractivity (Wildman–Crippen MR) is 54.8 cm³/mol. The molecule has 0 aliphatic heterocycles. The minimum Gasteiger partial charge on any atom is -0.394 e. The third-order valence-electron chi connectivity index (χ3n) is 2.45. The molecule has 13 heavy (non-hydrogen) atoms. The lowest BCUT2D eigenvalue weighted by Gasteiger charge is -2.19. The molecule has 0 rings (SSSR count). The van der Waals surface area contributed by atoms with Gasteiger partial charge in [-0.05, 0) is 12.8 Å². The summed E-state index contributed by atoms with van der Waals surface area (Å²) in [5.41, 5.74) is 0. The molecule has 0 saturated heterocycles. The zero-order chi connectivity index (χ0) is 10.1. The van der Waals surface area contributed by atoms with Gasteiger partial charge in [-0.25, -0.2) is 0 Å². The van der Waals surface area contributed by atoms with Crippen molar-refractivity contribution < 1.29 is 9.84 Å². The van der Waals surface area contributed by atoms with Gasteiger partial charge >= 0.3 is 0 Å². The van der Waals surface area contributed by atoms with Crippen LogP contribution in [0.5, 0.6) is 0 Å². The Morgan fingerprint density at radius 3 is 2.54 bits per heavy atom. The summed E-state index contributed by atoms with van der Waals surface area (Å²) >= 11 is 0. The van der Waals surface area contributed by atoms with Crippen LogP contribution >= 0.6 is 0 Å². The molecule has 0 aromatic rings. The third-order valence-corrected chi connectivity index (χ3v) is 2.45. The van der Waals surface area contributed by atoms with Crippen molar-refractivity contribution in [3.05, 3.63) is 0 Å². The molecule has 0 fully saturated rings. The number of ether oxygens (including phenoxy) is 1. The predicted octanol–water partition coefficient (Wildman–Crippen LogP) is 1.02. The highest BCUT2D eigenvalue weighted by Gasteiger charge is 2.07. The van der Waals surface area contributed by atoms with Gasteiger partial charge in [0.1, 0.15) is 0 Å². The number of aliphatic hydroxyl groups is 1. The fourth-order valence-electron chi connectivity index (χ4n) is 1.08. The SMILES string of the molecule is CC[C@H](C)[C@H](C)NCCOCCO. The Balaban J connectivity index is 3.21. The van der Waals surface area contributed by atoms with Gasteiger partial charge < -0.3 is 15.2 Å². The van der Waals surface area contributed by atoms with Crippen LogP contribution in [0.15, 0.2) is 0 Å². The van der Waals surface area contributed by atoms with Gasteiger partial charge in [0.15, 0.2) is 0 Å². The minimum absolute atomic E-state index is 0.112. The quantitative estimate of drug-likeness (QED) is 0.560. The molecule has 2 atom stereocenters. The molecule has 3 nitrogen and oxygen atoms in total. The molecule has 3 heteroatoms. The summed E-state index contributed by atoms with van der Waals surface area (Å²) in [4.78, 5) is 0. The van der Waals surface area contributed by atoms with Crippen molar-refractivity contribution in [1.29, 1.82) is 0 Å². The van der Waals surface area contributed by atoms with E-state index in [0.29, 0.717) is 25.2 Å². The molecule has 2 N–H and O–H groups in total. The lowest BCUT2D eigenvalue weighted by Crippen LogP contribution is -2.34. The molecular formula is C10H23NO2. The normalized spacial score (nSPS) is 15.7. The Morgan fingerprint density at radius 1 is 1.31 bits per heavy atom. The van der Waals surface area contributed by atoms with E-state index in [9.17, 15) is 0 Å². The maximum atomic E-state index is 8.46. The Morgan fingerprint density at radius 2 is 2.00 bits per heavy atom. The minimum atomic E-state index is 0.112. The highest BCUT2D eigenvalue weighted by Crippen LogP contribution is 2.05. The van der Waals surface area contributed by atoms with Gasteiger partial charge in [-0.3, -0.25) is 0 Å². The zero-order valence-electron chi connectivity index (χ0n) is 9.05. The van der Waals surface area contributed by atoms with E-state index in [2.05, 4.69) is 26.1 Å². The van der Waals surface area contributed by atoms with Gasteiger partial charge in [-0.15, -0.1) is 0 Å². The van der Waals surface area contributed by atoms with Crippen molar-refractivity contribution in [2.24, 2.45) is 5.92 Å². The number of aliphatic hydroxyl groups excluding tert-OH is 1. The average molecular weight is 189 g/mol. The first-order chi connectivity index (χ1) is 6.22. The standard InChI is InChI=1S/C10H23NO2/c1-4-9(2)10(3)11-5-7-13-8-6-12/h9-12H,4-8H2,1-3H3/t9-,10-/m0/s1. The molecule has 0 radical (unpaired) electrons. The van der Waals surface area contributed by atoms with Crippen LogP contribution in [0.4, 0.5) is 0 Å². The summed E-state index contributed by atoms with van der Waals surface area (Å²) in [7, 11) is 0. The third kappa shape index (κ3) is 6.99. The molecule has 0 aliphatic carbocycles. The van der Waals surface area contributed by atoms with Crippen LogP contribution in [0.1, 0.15) is 27.2 Å². The first kappa shape index (κ1) is 12.9. The molecule has 0 saturated carbocycles. The van der Waals surface area contributed by atoms with Crippen molar-refractivity contribution in [3.63, 3.8) is 0 Å². The zero-order valence-corrected chi connectivity index (χ0v) is 9.05. The van der Waals surface area contributed by atoms with Crippen LogP contribution in [0, 0.1) is 5.92 Å². The second kappa shape index (κ2) is 8.48. The molecule has 0 unspecified atom stereocenters. The van der Waals surface area contributed by atoms with Crippen LogP contribution < -0.4 is 5.32 Å². The number of rotatable bonds is 8. The highest BCUT2D eigenvalue weighted by atomic mass is 16.5. The fourth-order valence-corrected chi connectivity index (χ4v) is 1.08. The second-order valence-corrected chi connectivity index (χ2v) is 3.46. The topological polar surface area (TPSA) is 41.5 Å². The summed E-state index contributed by atoms with van der Waals surface area (Å²) in [5, 5.41) is 11.8.